The number of hydrogen-bond acceptors (Lipinski definition) is 3. The van der Waals surface area contributed by atoms with Gasteiger partial charge < -0.3 is 5.32 Å². The lowest BCUT2D eigenvalue weighted by Gasteiger charge is -2.05. The summed E-state index contributed by atoms with van der Waals surface area (Å²) in [6.07, 6.45) is 1.68. The molecule has 5 nitrogen and oxygen atoms in total. The maximum atomic E-state index is 11.5. The maximum Gasteiger partial charge on any atom is 0.273 e. The van der Waals surface area contributed by atoms with Crippen molar-refractivity contribution in [3.05, 3.63) is 11.9 Å². The maximum absolute atomic E-state index is 11.5. The molecule has 0 unspecified atom stereocenters. The fraction of sp³-hybridized carbons (Fsp3) is 0.700. The summed E-state index contributed by atoms with van der Waals surface area (Å²) < 4.78 is 1.69. The third kappa shape index (κ3) is 3.69. The fourth-order valence-corrected chi connectivity index (χ4v) is 1.20. The molecular weight excluding hydrogens is 192 g/mol. The van der Waals surface area contributed by atoms with Gasteiger partial charge in [0.05, 0.1) is 6.20 Å². The number of nitrogens with zero attached hydrogens (tertiary/aromatic N) is 3. The summed E-state index contributed by atoms with van der Waals surface area (Å²) in [5, 5.41) is 10.5. The summed E-state index contributed by atoms with van der Waals surface area (Å²) in [6.45, 7) is 8.79. The summed E-state index contributed by atoms with van der Waals surface area (Å²) >= 11 is 0. The molecule has 1 aromatic rings. The number of nitrogens with one attached hydrogen (secondary N) is 1. The Balaban J connectivity index is 2.63. The minimum atomic E-state index is -0.167. The number of rotatable bonds is 4. The van der Waals surface area contributed by atoms with Crippen molar-refractivity contribution in [2.75, 3.05) is 0 Å². The first-order valence-electron chi connectivity index (χ1n) is 5.20. The summed E-state index contributed by atoms with van der Waals surface area (Å²) in [5.74, 6) is 0.327. The first-order valence-corrected chi connectivity index (χ1v) is 5.20. The van der Waals surface area contributed by atoms with E-state index in [2.05, 4.69) is 29.5 Å². The van der Waals surface area contributed by atoms with E-state index >= 15 is 0 Å². The van der Waals surface area contributed by atoms with Crippen LogP contribution in [0, 0.1) is 5.92 Å². The molecule has 0 spiro atoms. The van der Waals surface area contributed by atoms with Crippen LogP contribution < -0.4 is 5.32 Å². The SMILES string of the molecule is CC(C)Cn1cc(C(=O)NC(C)C)nn1. The Morgan fingerprint density at radius 2 is 2.13 bits per heavy atom. The van der Waals surface area contributed by atoms with Gasteiger partial charge in [0.2, 0.25) is 0 Å². The van der Waals surface area contributed by atoms with Gasteiger partial charge >= 0.3 is 0 Å². The van der Waals surface area contributed by atoms with Gasteiger partial charge in [-0.2, -0.15) is 0 Å². The molecule has 1 rings (SSSR count). The Labute approximate surface area is 89.9 Å². The van der Waals surface area contributed by atoms with E-state index in [0.717, 1.165) is 6.54 Å². The molecule has 0 atom stereocenters. The average molecular weight is 210 g/mol. The largest absolute Gasteiger partial charge is 0.348 e. The van der Waals surface area contributed by atoms with Crippen molar-refractivity contribution in [3.8, 4) is 0 Å². The van der Waals surface area contributed by atoms with E-state index in [1.165, 1.54) is 0 Å². The molecule has 1 aromatic heterocycles. The predicted octanol–water partition coefficient (Wildman–Crippen LogP) is 1.07. The lowest BCUT2D eigenvalue weighted by Crippen LogP contribution is -2.30. The van der Waals surface area contributed by atoms with Crippen LogP contribution >= 0.6 is 0 Å². The van der Waals surface area contributed by atoms with Crippen LogP contribution in [0.15, 0.2) is 6.20 Å². The first-order chi connectivity index (χ1) is 6.99. The van der Waals surface area contributed by atoms with Crippen molar-refractivity contribution < 1.29 is 4.79 Å². The van der Waals surface area contributed by atoms with Gasteiger partial charge in [-0.15, -0.1) is 5.10 Å². The average Bonchev–Trinajstić information content (AvgIpc) is 2.50. The molecule has 5 heteroatoms. The van der Waals surface area contributed by atoms with Gasteiger partial charge in [0.25, 0.3) is 5.91 Å². The highest BCUT2D eigenvalue weighted by Gasteiger charge is 2.11. The molecule has 0 bridgehead atoms. The molecule has 0 aliphatic carbocycles. The second kappa shape index (κ2) is 4.91. The first kappa shape index (κ1) is 11.7. The van der Waals surface area contributed by atoms with Gasteiger partial charge in [-0.1, -0.05) is 19.1 Å². The lowest BCUT2D eigenvalue weighted by atomic mass is 10.2. The van der Waals surface area contributed by atoms with Gasteiger partial charge in [-0.3, -0.25) is 9.48 Å². The van der Waals surface area contributed by atoms with Crippen LogP contribution in [0.4, 0.5) is 0 Å². The number of amides is 1. The zero-order valence-corrected chi connectivity index (χ0v) is 9.69. The summed E-state index contributed by atoms with van der Waals surface area (Å²) in [5.41, 5.74) is 0.379. The number of carbonyl (C=O) groups excluding carboxylic acids is 1. The van der Waals surface area contributed by atoms with Gasteiger partial charge in [0.1, 0.15) is 0 Å². The van der Waals surface area contributed by atoms with Gasteiger partial charge in [0.15, 0.2) is 5.69 Å². The normalized spacial score (nSPS) is 11.1. The zero-order valence-electron chi connectivity index (χ0n) is 9.69. The van der Waals surface area contributed by atoms with E-state index in [4.69, 9.17) is 0 Å². The third-order valence-electron chi connectivity index (χ3n) is 1.74. The Kier molecular flexibility index (Phi) is 3.82. The van der Waals surface area contributed by atoms with Gasteiger partial charge in [0, 0.05) is 12.6 Å². The molecule has 0 saturated heterocycles. The summed E-state index contributed by atoms with van der Waals surface area (Å²) in [4.78, 5) is 11.5. The van der Waals surface area contributed by atoms with E-state index < -0.39 is 0 Å². The highest BCUT2D eigenvalue weighted by Crippen LogP contribution is 1.99. The fourth-order valence-electron chi connectivity index (χ4n) is 1.20. The number of carbonyl (C=O) groups is 1. The van der Waals surface area contributed by atoms with E-state index in [0.29, 0.717) is 11.6 Å². The standard InChI is InChI=1S/C10H18N4O/c1-7(2)5-14-6-9(12-13-14)10(15)11-8(3)4/h6-8H,5H2,1-4H3,(H,11,15). The smallest absolute Gasteiger partial charge is 0.273 e. The number of hydrogen-bond donors (Lipinski definition) is 1. The van der Waals surface area contributed by atoms with Crippen LogP contribution in [0.1, 0.15) is 38.2 Å². The number of aromatic nitrogens is 3. The molecule has 0 radical (unpaired) electrons. The van der Waals surface area contributed by atoms with E-state index in [9.17, 15) is 4.79 Å². The Hall–Kier alpha value is -1.39. The van der Waals surface area contributed by atoms with Crippen LogP contribution in [0.25, 0.3) is 0 Å². The minimum Gasteiger partial charge on any atom is -0.348 e. The summed E-state index contributed by atoms with van der Waals surface area (Å²) in [7, 11) is 0. The molecule has 84 valence electrons. The van der Waals surface area contributed by atoms with Crippen molar-refractivity contribution in [2.24, 2.45) is 5.92 Å². The summed E-state index contributed by atoms with van der Waals surface area (Å²) in [6, 6.07) is 0.118. The molecule has 0 aromatic carbocycles. The van der Waals surface area contributed by atoms with Crippen molar-refractivity contribution in [1.29, 1.82) is 0 Å². The second-order valence-corrected chi connectivity index (χ2v) is 4.35. The topological polar surface area (TPSA) is 59.8 Å². The van der Waals surface area contributed by atoms with Crippen molar-refractivity contribution in [3.63, 3.8) is 0 Å². The third-order valence-corrected chi connectivity index (χ3v) is 1.74. The Bertz CT molecular complexity index is 330. The van der Waals surface area contributed by atoms with Crippen LogP contribution in [0.2, 0.25) is 0 Å². The van der Waals surface area contributed by atoms with E-state index in [1.807, 2.05) is 13.8 Å². The highest BCUT2D eigenvalue weighted by atomic mass is 16.2. The van der Waals surface area contributed by atoms with Crippen molar-refractivity contribution in [1.82, 2.24) is 20.3 Å². The Morgan fingerprint density at radius 3 is 2.67 bits per heavy atom. The molecule has 1 amide bonds. The van der Waals surface area contributed by atoms with Gasteiger partial charge in [-0.25, -0.2) is 0 Å². The lowest BCUT2D eigenvalue weighted by molar-refractivity contribution is 0.0938. The Morgan fingerprint density at radius 1 is 1.47 bits per heavy atom. The van der Waals surface area contributed by atoms with Crippen molar-refractivity contribution in [2.45, 2.75) is 40.3 Å². The molecule has 1 N–H and O–H groups in total. The molecule has 0 aliphatic rings. The van der Waals surface area contributed by atoms with Crippen LogP contribution in [-0.4, -0.2) is 26.9 Å². The molecule has 0 aliphatic heterocycles. The molecular formula is C10H18N4O. The second-order valence-electron chi connectivity index (χ2n) is 4.35. The quantitative estimate of drug-likeness (QED) is 0.808. The molecule has 0 saturated carbocycles. The minimum absolute atomic E-state index is 0.118. The van der Waals surface area contributed by atoms with Crippen LogP contribution in [0.5, 0.6) is 0 Å². The van der Waals surface area contributed by atoms with Crippen LogP contribution in [0.3, 0.4) is 0 Å². The highest BCUT2D eigenvalue weighted by molar-refractivity contribution is 5.91. The molecule has 15 heavy (non-hydrogen) atoms. The van der Waals surface area contributed by atoms with E-state index in [1.54, 1.807) is 10.9 Å². The molecule has 0 fully saturated rings. The van der Waals surface area contributed by atoms with Crippen LogP contribution in [-0.2, 0) is 6.54 Å². The monoisotopic (exact) mass is 210 g/mol. The zero-order chi connectivity index (χ0) is 11.4. The van der Waals surface area contributed by atoms with Crippen molar-refractivity contribution >= 4 is 5.91 Å². The predicted molar refractivity (Wildman–Crippen MR) is 57.5 cm³/mol. The molecule has 1 heterocycles. The van der Waals surface area contributed by atoms with Gasteiger partial charge in [-0.05, 0) is 19.8 Å². The van der Waals surface area contributed by atoms with E-state index in [-0.39, 0.29) is 11.9 Å².